The van der Waals surface area contributed by atoms with Crippen molar-refractivity contribution >= 4 is 34.4 Å². The zero-order valence-electron chi connectivity index (χ0n) is 11.4. The van der Waals surface area contributed by atoms with Crippen molar-refractivity contribution in [3.05, 3.63) is 30.3 Å². The zero-order valence-corrected chi connectivity index (χ0v) is 12.2. The normalized spacial score (nSPS) is 11.7. The Labute approximate surface area is 122 Å². The van der Waals surface area contributed by atoms with Crippen LogP contribution in [0.25, 0.3) is 0 Å². The molecule has 0 radical (unpaired) electrons. The second kappa shape index (κ2) is 7.69. The van der Waals surface area contributed by atoms with Gasteiger partial charge in [-0.25, -0.2) is 0 Å². The predicted molar refractivity (Wildman–Crippen MR) is 78.7 cm³/mol. The molecule has 0 heterocycles. The number of benzene rings is 1. The Bertz CT molecular complexity index is 489. The SMILES string of the molecule is CC(=O)SC[C@@H](C)C(=O)N(CC(=O)O)c1ccccc1. The van der Waals surface area contributed by atoms with Gasteiger partial charge >= 0.3 is 5.97 Å². The Morgan fingerprint density at radius 2 is 1.85 bits per heavy atom. The quantitative estimate of drug-likeness (QED) is 0.869. The van der Waals surface area contributed by atoms with Crippen molar-refractivity contribution in [3.63, 3.8) is 0 Å². The third-order valence-electron chi connectivity index (χ3n) is 2.59. The fourth-order valence-electron chi connectivity index (χ4n) is 1.62. The number of amides is 1. The summed E-state index contributed by atoms with van der Waals surface area (Å²) < 4.78 is 0. The van der Waals surface area contributed by atoms with E-state index in [1.54, 1.807) is 37.3 Å². The number of nitrogens with zero attached hydrogens (tertiary/aromatic N) is 1. The highest BCUT2D eigenvalue weighted by molar-refractivity contribution is 8.13. The molecule has 0 fully saturated rings. The van der Waals surface area contributed by atoms with Gasteiger partial charge in [-0.3, -0.25) is 14.4 Å². The van der Waals surface area contributed by atoms with Crippen LogP contribution in [0, 0.1) is 5.92 Å². The van der Waals surface area contributed by atoms with E-state index >= 15 is 0 Å². The maximum absolute atomic E-state index is 12.3. The summed E-state index contributed by atoms with van der Waals surface area (Å²) in [6.07, 6.45) is 0. The Kier molecular flexibility index (Phi) is 6.24. The summed E-state index contributed by atoms with van der Waals surface area (Å²) in [5.41, 5.74) is 0.541. The summed E-state index contributed by atoms with van der Waals surface area (Å²) >= 11 is 1.07. The second-order valence-electron chi connectivity index (χ2n) is 4.36. The highest BCUT2D eigenvalue weighted by Gasteiger charge is 2.24. The summed E-state index contributed by atoms with van der Waals surface area (Å²) in [5.74, 6) is -1.46. The Morgan fingerprint density at radius 1 is 1.25 bits per heavy atom. The molecule has 1 amide bonds. The number of carbonyl (C=O) groups is 3. The third kappa shape index (κ3) is 5.05. The van der Waals surface area contributed by atoms with E-state index in [1.165, 1.54) is 11.8 Å². The number of carbonyl (C=O) groups excluding carboxylic acids is 2. The van der Waals surface area contributed by atoms with Crippen molar-refractivity contribution in [2.75, 3.05) is 17.2 Å². The van der Waals surface area contributed by atoms with Crippen molar-refractivity contribution < 1.29 is 19.5 Å². The van der Waals surface area contributed by atoms with Gasteiger partial charge in [-0.2, -0.15) is 0 Å². The largest absolute Gasteiger partial charge is 0.480 e. The van der Waals surface area contributed by atoms with Gasteiger partial charge in [0.1, 0.15) is 6.54 Å². The standard InChI is InChI=1S/C14H17NO4S/c1-10(9-20-11(2)16)14(19)15(8-13(17)18)12-6-4-3-5-7-12/h3-7,10H,8-9H2,1-2H3,(H,17,18)/t10-/m1/s1. The van der Waals surface area contributed by atoms with Crippen LogP contribution < -0.4 is 4.90 Å². The number of carboxylic acid groups (broad SMARTS) is 1. The highest BCUT2D eigenvalue weighted by Crippen LogP contribution is 2.18. The van der Waals surface area contributed by atoms with E-state index in [2.05, 4.69) is 0 Å². The molecule has 0 aromatic heterocycles. The van der Waals surface area contributed by atoms with Crippen LogP contribution in [0.5, 0.6) is 0 Å². The molecule has 0 unspecified atom stereocenters. The molecule has 1 aromatic carbocycles. The fourth-order valence-corrected chi connectivity index (χ4v) is 2.25. The van der Waals surface area contributed by atoms with E-state index < -0.39 is 18.4 Å². The molecule has 0 saturated heterocycles. The smallest absolute Gasteiger partial charge is 0.323 e. The summed E-state index contributed by atoms with van der Waals surface area (Å²) in [7, 11) is 0. The van der Waals surface area contributed by atoms with Crippen molar-refractivity contribution in [1.82, 2.24) is 0 Å². The maximum atomic E-state index is 12.3. The number of thioether (sulfide) groups is 1. The number of hydrogen-bond acceptors (Lipinski definition) is 4. The number of hydrogen-bond donors (Lipinski definition) is 1. The van der Waals surface area contributed by atoms with Crippen LogP contribution in [-0.4, -0.2) is 34.4 Å². The average Bonchev–Trinajstić information content (AvgIpc) is 2.42. The van der Waals surface area contributed by atoms with E-state index in [0.717, 1.165) is 11.8 Å². The molecule has 1 N–H and O–H groups in total. The zero-order chi connectivity index (χ0) is 15.1. The lowest BCUT2D eigenvalue weighted by molar-refractivity contribution is -0.137. The first-order valence-corrected chi connectivity index (χ1v) is 7.12. The van der Waals surface area contributed by atoms with Gasteiger partial charge in [-0.1, -0.05) is 36.9 Å². The van der Waals surface area contributed by atoms with Crippen LogP contribution in [0.15, 0.2) is 30.3 Å². The first kappa shape index (κ1) is 16.2. The lowest BCUT2D eigenvalue weighted by Gasteiger charge is -2.24. The molecule has 1 aromatic rings. The van der Waals surface area contributed by atoms with Crippen molar-refractivity contribution in [2.24, 2.45) is 5.92 Å². The van der Waals surface area contributed by atoms with E-state index in [-0.39, 0.29) is 11.0 Å². The molecule has 0 aliphatic heterocycles. The summed E-state index contributed by atoms with van der Waals surface area (Å²) in [6.45, 7) is 2.74. The molecular formula is C14H17NO4S. The van der Waals surface area contributed by atoms with Crippen molar-refractivity contribution in [3.8, 4) is 0 Å². The van der Waals surface area contributed by atoms with Crippen LogP contribution >= 0.6 is 11.8 Å². The first-order chi connectivity index (χ1) is 9.41. The molecule has 0 spiro atoms. The molecule has 1 rings (SSSR count). The second-order valence-corrected chi connectivity index (χ2v) is 5.55. The van der Waals surface area contributed by atoms with Crippen molar-refractivity contribution in [1.29, 1.82) is 0 Å². The molecule has 0 saturated carbocycles. The highest BCUT2D eigenvalue weighted by atomic mass is 32.2. The minimum atomic E-state index is -1.08. The summed E-state index contributed by atoms with van der Waals surface area (Å²) in [4.78, 5) is 35.4. The molecule has 108 valence electrons. The molecule has 0 aliphatic carbocycles. The number of rotatable bonds is 6. The summed E-state index contributed by atoms with van der Waals surface area (Å²) in [6, 6.07) is 8.65. The molecule has 1 atom stereocenters. The minimum absolute atomic E-state index is 0.0610. The number of para-hydroxylation sites is 1. The van der Waals surface area contributed by atoms with Gasteiger partial charge in [0, 0.05) is 24.3 Å². The van der Waals surface area contributed by atoms with Gasteiger partial charge in [-0.05, 0) is 12.1 Å². The maximum Gasteiger partial charge on any atom is 0.323 e. The first-order valence-electron chi connectivity index (χ1n) is 6.13. The predicted octanol–water partition coefficient (Wildman–Crippen LogP) is 2.02. The van der Waals surface area contributed by atoms with Crippen LogP contribution in [0.2, 0.25) is 0 Å². The number of anilines is 1. The average molecular weight is 295 g/mol. The lowest BCUT2D eigenvalue weighted by Crippen LogP contribution is -2.39. The van der Waals surface area contributed by atoms with E-state index in [4.69, 9.17) is 5.11 Å². The number of aliphatic carboxylic acids is 1. The van der Waals surface area contributed by atoms with Gasteiger partial charge < -0.3 is 10.0 Å². The molecule has 6 heteroatoms. The van der Waals surface area contributed by atoms with E-state index in [0.29, 0.717) is 11.4 Å². The number of carboxylic acids is 1. The van der Waals surface area contributed by atoms with E-state index in [9.17, 15) is 14.4 Å². The van der Waals surface area contributed by atoms with Gasteiger partial charge in [-0.15, -0.1) is 0 Å². The Morgan fingerprint density at radius 3 is 2.35 bits per heavy atom. The lowest BCUT2D eigenvalue weighted by atomic mass is 10.1. The van der Waals surface area contributed by atoms with Crippen LogP contribution in [0.1, 0.15) is 13.8 Å². The van der Waals surface area contributed by atoms with Gasteiger partial charge in [0.15, 0.2) is 5.12 Å². The van der Waals surface area contributed by atoms with E-state index in [1.807, 2.05) is 0 Å². The van der Waals surface area contributed by atoms with Crippen LogP contribution in [0.4, 0.5) is 5.69 Å². The van der Waals surface area contributed by atoms with Gasteiger partial charge in [0.25, 0.3) is 0 Å². The fraction of sp³-hybridized carbons (Fsp3) is 0.357. The molecule has 20 heavy (non-hydrogen) atoms. The molecule has 0 bridgehead atoms. The Hall–Kier alpha value is -1.82. The molecule has 5 nitrogen and oxygen atoms in total. The Balaban J connectivity index is 2.85. The van der Waals surface area contributed by atoms with Crippen LogP contribution in [0.3, 0.4) is 0 Å². The topological polar surface area (TPSA) is 74.7 Å². The van der Waals surface area contributed by atoms with Gasteiger partial charge in [0.05, 0.1) is 0 Å². The molecular weight excluding hydrogens is 278 g/mol. The van der Waals surface area contributed by atoms with Gasteiger partial charge in [0.2, 0.25) is 5.91 Å². The summed E-state index contributed by atoms with van der Waals surface area (Å²) in [5, 5.41) is 8.88. The van der Waals surface area contributed by atoms with Crippen molar-refractivity contribution in [2.45, 2.75) is 13.8 Å². The monoisotopic (exact) mass is 295 g/mol. The minimum Gasteiger partial charge on any atom is -0.480 e. The third-order valence-corrected chi connectivity index (χ3v) is 3.66. The molecule has 0 aliphatic rings. The van der Waals surface area contributed by atoms with Crippen LogP contribution in [-0.2, 0) is 14.4 Å².